The molecular formula is C24H37N3O3. The van der Waals surface area contributed by atoms with E-state index in [-0.39, 0.29) is 17.9 Å². The predicted octanol–water partition coefficient (Wildman–Crippen LogP) is 3.65. The SMILES string of the molecule is CCOC(=O)N1CCCC(C(=O)NCc2ccccc2CN2CC(C)CC(C)C2)C1. The highest BCUT2D eigenvalue weighted by Gasteiger charge is 2.29. The van der Waals surface area contributed by atoms with Crippen LogP contribution in [0.5, 0.6) is 0 Å². The van der Waals surface area contributed by atoms with Gasteiger partial charge in [0.2, 0.25) is 5.91 Å². The van der Waals surface area contributed by atoms with Crippen molar-refractivity contribution in [2.24, 2.45) is 17.8 Å². The Labute approximate surface area is 180 Å². The van der Waals surface area contributed by atoms with Gasteiger partial charge in [-0.2, -0.15) is 0 Å². The zero-order valence-electron chi connectivity index (χ0n) is 18.7. The fraction of sp³-hybridized carbons (Fsp3) is 0.667. The lowest BCUT2D eigenvalue weighted by Crippen LogP contribution is -2.45. The zero-order valence-corrected chi connectivity index (χ0v) is 18.7. The molecule has 6 heteroatoms. The molecule has 2 fully saturated rings. The van der Waals surface area contributed by atoms with Crippen molar-refractivity contribution in [1.82, 2.24) is 15.1 Å². The summed E-state index contributed by atoms with van der Waals surface area (Å²) >= 11 is 0. The summed E-state index contributed by atoms with van der Waals surface area (Å²) in [6.45, 7) is 11.7. The summed E-state index contributed by atoms with van der Waals surface area (Å²) in [5.41, 5.74) is 2.46. The Balaban J connectivity index is 1.55. The van der Waals surface area contributed by atoms with Gasteiger partial charge in [-0.25, -0.2) is 4.79 Å². The molecule has 0 spiro atoms. The van der Waals surface area contributed by atoms with Crippen LogP contribution in [0.1, 0.15) is 51.2 Å². The van der Waals surface area contributed by atoms with Gasteiger partial charge in [-0.1, -0.05) is 38.1 Å². The Bertz CT molecular complexity index is 713. The maximum absolute atomic E-state index is 12.8. The Morgan fingerprint density at radius 1 is 1.10 bits per heavy atom. The molecule has 3 unspecified atom stereocenters. The zero-order chi connectivity index (χ0) is 21.5. The molecule has 1 aromatic carbocycles. The Morgan fingerprint density at radius 2 is 1.80 bits per heavy atom. The molecule has 2 aliphatic rings. The number of carbonyl (C=O) groups excluding carboxylic acids is 2. The molecule has 2 amide bonds. The predicted molar refractivity (Wildman–Crippen MR) is 118 cm³/mol. The number of carbonyl (C=O) groups is 2. The maximum atomic E-state index is 12.8. The number of amides is 2. The van der Waals surface area contributed by atoms with Gasteiger partial charge in [0.1, 0.15) is 0 Å². The van der Waals surface area contributed by atoms with Gasteiger partial charge in [-0.05, 0) is 49.1 Å². The number of likely N-dealkylation sites (tertiary alicyclic amines) is 2. The van der Waals surface area contributed by atoms with Crippen LogP contribution in [0, 0.1) is 17.8 Å². The third-order valence-electron chi connectivity index (χ3n) is 6.23. The molecule has 0 saturated carbocycles. The molecule has 2 saturated heterocycles. The lowest BCUT2D eigenvalue weighted by molar-refractivity contribution is -0.126. The smallest absolute Gasteiger partial charge is 0.409 e. The first-order valence-electron chi connectivity index (χ1n) is 11.4. The summed E-state index contributed by atoms with van der Waals surface area (Å²) in [5.74, 6) is 1.32. The molecule has 2 heterocycles. The van der Waals surface area contributed by atoms with Crippen LogP contribution in [0.15, 0.2) is 24.3 Å². The summed E-state index contributed by atoms with van der Waals surface area (Å²) in [7, 11) is 0. The number of nitrogens with zero attached hydrogens (tertiary/aromatic N) is 2. The topological polar surface area (TPSA) is 61.9 Å². The van der Waals surface area contributed by atoms with Crippen LogP contribution < -0.4 is 5.32 Å². The molecule has 3 atom stereocenters. The quantitative estimate of drug-likeness (QED) is 0.770. The van der Waals surface area contributed by atoms with Gasteiger partial charge in [-0.3, -0.25) is 9.69 Å². The number of nitrogens with one attached hydrogen (secondary N) is 1. The van der Waals surface area contributed by atoms with E-state index in [1.54, 1.807) is 11.8 Å². The standard InChI is InChI=1S/C24H37N3O3/c1-4-30-24(29)27-11-7-10-22(17-27)23(28)25-13-20-8-5-6-9-21(20)16-26-14-18(2)12-19(3)15-26/h5-6,8-9,18-19,22H,4,7,10-17H2,1-3H3,(H,25,28). The van der Waals surface area contributed by atoms with Crippen LogP contribution >= 0.6 is 0 Å². The van der Waals surface area contributed by atoms with Crippen LogP contribution in [0.25, 0.3) is 0 Å². The fourth-order valence-corrected chi connectivity index (χ4v) is 4.94. The van der Waals surface area contributed by atoms with Gasteiger partial charge in [0.25, 0.3) is 0 Å². The highest BCUT2D eigenvalue weighted by Crippen LogP contribution is 2.23. The van der Waals surface area contributed by atoms with Crippen molar-refractivity contribution in [2.45, 2.75) is 53.1 Å². The van der Waals surface area contributed by atoms with Crippen molar-refractivity contribution in [3.8, 4) is 0 Å². The van der Waals surface area contributed by atoms with E-state index in [0.717, 1.165) is 44.3 Å². The van der Waals surface area contributed by atoms with Gasteiger partial charge >= 0.3 is 6.09 Å². The molecule has 6 nitrogen and oxygen atoms in total. The van der Waals surface area contributed by atoms with E-state index in [1.807, 2.05) is 6.07 Å². The van der Waals surface area contributed by atoms with Crippen LogP contribution in [-0.2, 0) is 22.6 Å². The monoisotopic (exact) mass is 415 g/mol. The first kappa shape index (κ1) is 22.6. The van der Waals surface area contributed by atoms with E-state index in [2.05, 4.69) is 42.3 Å². The molecule has 0 aromatic heterocycles. The summed E-state index contributed by atoms with van der Waals surface area (Å²) < 4.78 is 5.09. The van der Waals surface area contributed by atoms with Crippen molar-refractivity contribution in [1.29, 1.82) is 0 Å². The molecule has 1 aromatic rings. The van der Waals surface area contributed by atoms with E-state index in [1.165, 1.54) is 17.5 Å². The van der Waals surface area contributed by atoms with Crippen molar-refractivity contribution in [3.05, 3.63) is 35.4 Å². The molecular weight excluding hydrogens is 378 g/mol. The summed E-state index contributed by atoms with van der Waals surface area (Å²) in [4.78, 5) is 29.0. The molecule has 0 bridgehead atoms. The van der Waals surface area contributed by atoms with Crippen LogP contribution in [0.2, 0.25) is 0 Å². The average molecular weight is 416 g/mol. The van der Waals surface area contributed by atoms with Crippen LogP contribution in [0.4, 0.5) is 4.79 Å². The fourth-order valence-electron chi connectivity index (χ4n) is 4.94. The van der Waals surface area contributed by atoms with E-state index in [4.69, 9.17) is 4.74 Å². The van der Waals surface area contributed by atoms with Gasteiger partial charge in [-0.15, -0.1) is 0 Å². The van der Waals surface area contributed by atoms with Crippen molar-refractivity contribution >= 4 is 12.0 Å². The van der Waals surface area contributed by atoms with Crippen molar-refractivity contribution in [3.63, 3.8) is 0 Å². The van der Waals surface area contributed by atoms with Gasteiger partial charge in [0.15, 0.2) is 0 Å². The Kier molecular flexibility index (Phi) is 8.14. The third kappa shape index (κ3) is 6.21. The number of rotatable bonds is 6. The summed E-state index contributed by atoms with van der Waals surface area (Å²) in [5, 5.41) is 3.12. The molecule has 30 heavy (non-hydrogen) atoms. The lowest BCUT2D eigenvalue weighted by Gasteiger charge is -2.35. The van der Waals surface area contributed by atoms with Crippen LogP contribution in [0.3, 0.4) is 0 Å². The number of hydrogen-bond acceptors (Lipinski definition) is 4. The lowest BCUT2D eigenvalue weighted by atomic mass is 9.91. The van der Waals surface area contributed by atoms with E-state index in [0.29, 0.717) is 26.2 Å². The number of benzene rings is 1. The summed E-state index contributed by atoms with van der Waals surface area (Å²) in [6, 6.07) is 8.40. The van der Waals surface area contributed by atoms with E-state index >= 15 is 0 Å². The number of ether oxygens (including phenoxy) is 1. The largest absolute Gasteiger partial charge is 0.450 e. The average Bonchev–Trinajstić information content (AvgIpc) is 2.72. The van der Waals surface area contributed by atoms with Crippen LogP contribution in [-0.4, -0.2) is 54.6 Å². The van der Waals surface area contributed by atoms with Crippen molar-refractivity contribution < 1.29 is 14.3 Å². The first-order chi connectivity index (χ1) is 14.5. The molecule has 1 N–H and O–H groups in total. The molecule has 2 aliphatic heterocycles. The van der Waals surface area contributed by atoms with E-state index < -0.39 is 0 Å². The minimum Gasteiger partial charge on any atom is -0.450 e. The maximum Gasteiger partial charge on any atom is 0.409 e. The van der Waals surface area contributed by atoms with Gasteiger partial charge in [0.05, 0.1) is 12.5 Å². The van der Waals surface area contributed by atoms with E-state index in [9.17, 15) is 9.59 Å². The number of piperidine rings is 2. The Morgan fingerprint density at radius 3 is 2.50 bits per heavy atom. The van der Waals surface area contributed by atoms with Gasteiger partial charge in [0, 0.05) is 39.3 Å². The minimum absolute atomic E-state index is 0.0269. The second-order valence-corrected chi connectivity index (χ2v) is 9.11. The highest BCUT2D eigenvalue weighted by molar-refractivity contribution is 5.80. The second-order valence-electron chi connectivity index (χ2n) is 9.11. The minimum atomic E-state index is -0.315. The first-order valence-corrected chi connectivity index (χ1v) is 11.4. The normalized spacial score (nSPS) is 25.0. The highest BCUT2D eigenvalue weighted by atomic mass is 16.6. The molecule has 0 aliphatic carbocycles. The van der Waals surface area contributed by atoms with Crippen molar-refractivity contribution in [2.75, 3.05) is 32.8 Å². The molecule has 0 radical (unpaired) electrons. The number of hydrogen-bond donors (Lipinski definition) is 1. The van der Waals surface area contributed by atoms with Gasteiger partial charge < -0.3 is 15.0 Å². The summed E-state index contributed by atoms with van der Waals surface area (Å²) in [6.07, 6.45) is 2.63. The molecule has 3 rings (SSSR count). The molecule has 166 valence electrons. The third-order valence-corrected chi connectivity index (χ3v) is 6.23. The Hall–Kier alpha value is -2.08. The second kappa shape index (κ2) is 10.8.